The van der Waals surface area contributed by atoms with Crippen LogP contribution in [0.5, 0.6) is 5.75 Å². The Labute approximate surface area is 94.5 Å². The highest BCUT2D eigenvalue weighted by molar-refractivity contribution is 5.89. The van der Waals surface area contributed by atoms with Gasteiger partial charge in [0.05, 0.1) is 5.39 Å². The monoisotopic (exact) mass is 218 g/mol. The molecule has 0 saturated carbocycles. The van der Waals surface area contributed by atoms with E-state index in [2.05, 4.69) is 20.8 Å². The number of phenols is 1. The van der Waals surface area contributed by atoms with Crippen LogP contribution in [0.25, 0.3) is 10.8 Å². The van der Waals surface area contributed by atoms with E-state index >= 15 is 0 Å². The molecule has 0 aliphatic carbocycles. The lowest BCUT2D eigenvalue weighted by Gasteiger charge is -2.20. The van der Waals surface area contributed by atoms with E-state index in [-0.39, 0.29) is 17.0 Å². The highest BCUT2D eigenvalue weighted by Gasteiger charge is 2.16. The number of halogens is 1. The van der Waals surface area contributed by atoms with Crippen LogP contribution in [-0.2, 0) is 5.41 Å². The molecule has 0 heterocycles. The number of aromatic hydroxyl groups is 1. The van der Waals surface area contributed by atoms with Gasteiger partial charge in [-0.25, -0.2) is 4.39 Å². The van der Waals surface area contributed by atoms with Crippen molar-refractivity contribution in [1.82, 2.24) is 0 Å². The molecule has 0 saturated heterocycles. The summed E-state index contributed by atoms with van der Waals surface area (Å²) in [7, 11) is 0. The number of fused-ring (bicyclic) bond motifs is 1. The molecule has 2 aromatic rings. The topological polar surface area (TPSA) is 20.2 Å². The molecule has 1 N–H and O–H groups in total. The van der Waals surface area contributed by atoms with E-state index in [1.54, 1.807) is 12.1 Å². The average molecular weight is 218 g/mol. The lowest BCUT2D eigenvalue weighted by Crippen LogP contribution is -2.10. The Balaban J connectivity index is 2.79. The van der Waals surface area contributed by atoms with Crippen molar-refractivity contribution in [2.75, 3.05) is 0 Å². The molecular weight excluding hydrogens is 203 g/mol. The van der Waals surface area contributed by atoms with Gasteiger partial charge in [-0.15, -0.1) is 0 Å². The van der Waals surface area contributed by atoms with Crippen LogP contribution in [0.15, 0.2) is 30.3 Å². The van der Waals surface area contributed by atoms with Gasteiger partial charge in [-0.05, 0) is 28.5 Å². The molecule has 0 aromatic heterocycles. The SMILES string of the molecule is CC(C)(C)c1cc(O)c2c(F)cccc2c1. The number of phenolic OH excluding ortho intramolecular Hbond substituents is 1. The number of hydrogen-bond acceptors (Lipinski definition) is 1. The molecule has 0 spiro atoms. The van der Waals surface area contributed by atoms with E-state index < -0.39 is 0 Å². The predicted molar refractivity (Wildman–Crippen MR) is 64.3 cm³/mol. The third-order valence-corrected chi connectivity index (χ3v) is 2.77. The lowest BCUT2D eigenvalue weighted by molar-refractivity contribution is 0.474. The van der Waals surface area contributed by atoms with Crippen LogP contribution in [0.4, 0.5) is 4.39 Å². The first-order valence-corrected chi connectivity index (χ1v) is 5.31. The van der Waals surface area contributed by atoms with Crippen LogP contribution >= 0.6 is 0 Å². The van der Waals surface area contributed by atoms with Gasteiger partial charge < -0.3 is 5.11 Å². The van der Waals surface area contributed by atoms with Crippen LogP contribution in [0, 0.1) is 5.82 Å². The van der Waals surface area contributed by atoms with E-state index in [0.29, 0.717) is 5.39 Å². The van der Waals surface area contributed by atoms with E-state index in [1.165, 1.54) is 6.07 Å². The van der Waals surface area contributed by atoms with Crippen molar-refractivity contribution in [2.45, 2.75) is 26.2 Å². The Kier molecular flexibility index (Phi) is 2.38. The Bertz CT molecular complexity index is 538. The number of rotatable bonds is 0. The van der Waals surface area contributed by atoms with Crippen molar-refractivity contribution in [3.63, 3.8) is 0 Å². The Morgan fingerprint density at radius 2 is 1.81 bits per heavy atom. The molecule has 0 amide bonds. The molecule has 16 heavy (non-hydrogen) atoms. The van der Waals surface area contributed by atoms with Crippen LogP contribution in [0.1, 0.15) is 26.3 Å². The summed E-state index contributed by atoms with van der Waals surface area (Å²) in [5.74, 6) is -0.365. The summed E-state index contributed by atoms with van der Waals surface area (Å²) >= 11 is 0. The minimum Gasteiger partial charge on any atom is -0.507 e. The van der Waals surface area contributed by atoms with Gasteiger partial charge in [-0.3, -0.25) is 0 Å². The van der Waals surface area contributed by atoms with Crippen molar-refractivity contribution < 1.29 is 9.50 Å². The quantitative estimate of drug-likeness (QED) is 0.709. The molecule has 0 aliphatic heterocycles. The largest absolute Gasteiger partial charge is 0.507 e. The van der Waals surface area contributed by atoms with Crippen molar-refractivity contribution in [1.29, 1.82) is 0 Å². The number of hydrogen-bond donors (Lipinski definition) is 1. The highest BCUT2D eigenvalue weighted by Crippen LogP contribution is 2.33. The summed E-state index contributed by atoms with van der Waals surface area (Å²) in [4.78, 5) is 0. The molecule has 2 heteroatoms. The van der Waals surface area contributed by atoms with E-state index in [1.807, 2.05) is 12.1 Å². The van der Waals surface area contributed by atoms with Gasteiger partial charge in [-0.1, -0.05) is 39.0 Å². The zero-order chi connectivity index (χ0) is 11.9. The fourth-order valence-corrected chi connectivity index (χ4v) is 1.79. The summed E-state index contributed by atoms with van der Waals surface area (Å²) < 4.78 is 13.5. The summed E-state index contributed by atoms with van der Waals surface area (Å²) in [6, 6.07) is 8.40. The molecule has 2 rings (SSSR count). The normalized spacial score (nSPS) is 12.0. The summed E-state index contributed by atoms with van der Waals surface area (Å²) in [5, 5.41) is 10.9. The van der Waals surface area contributed by atoms with Crippen LogP contribution in [-0.4, -0.2) is 5.11 Å². The van der Waals surface area contributed by atoms with Gasteiger partial charge >= 0.3 is 0 Å². The maximum absolute atomic E-state index is 13.5. The van der Waals surface area contributed by atoms with Crippen molar-refractivity contribution in [3.05, 3.63) is 41.7 Å². The lowest BCUT2D eigenvalue weighted by atomic mass is 9.85. The summed E-state index contributed by atoms with van der Waals surface area (Å²) in [5.41, 5.74) is 0.945. The molecule has 2 aromatic carbocycles. The molecule has 84 valence electrons. The first-order valence-electron chi connectivity index (χ1n) is 5.31. The van der Waals surface area contributed by atoms with Gasteiger partial charge in [0.15, 0.2) is 0 Å². The molecule has 1 nitrogen and oxygen atoms in total. The molecule has 0 aliphatic rings. The maximum atomic E-state index is 13.5. The Morgan fingerprint density at radius 1 is 1.12 bits per heavy atom. The fraction of sp³-hybridized carbons (Fsp3) is 0.286. The molecule has 0 bridgehead atoms. The first-order chi connectivity index (χ1) is 7.39. The Morgan fingerprint density at radius 3 is 2.44 bits per heavy atom. The minimum absolute atomic E-state index is 0.0144. The smallest absolute Gasteiger partial charge is 0.134 e. The highest BCUT2D eigenvalue weighted by atomic mass is 19.1. The van der Waals surface area contributed by atoms with Crippen LogP contribution in [0.3, 0.4) is 0 Å². The number of benzene rings is 2. The zero-order valence-electron chi connectivity index (χ0n) is 9.71. The summed E-state index contributed by atoms with van der Waals surface area (Å²) in [6.07, 6.45) is 0. The Hall–Kier alpha value is -1.57. The molecule has 0 radical (unpaired) electrons. The van der Waals surface area contributed by atoms with Crippen molar-refractivity contribution in [2.24, 2.45) is 0 Å². The van der Waals surface area contributed by atoms with E-state index in [0.717, 1.165) is 10.9 Å². The first kappa shape index (κ1) is 10.9. The van der Waals surface area contributed by atoms with Gasteiger partial charge in [0.25, 0.3) is 0 Å². The second-order valence-electron chi connectivity index (χ2n) is 5.08. The van der Waals surface area contributed by atoms with Crippen molar-refractivity contribution in [3.8, 4) is 5.75 Å². The summed E-state index contributed by atoms with van der Waals surface area (Å²) in [6.45, 7) is 6.19. The maximum Gasteiger partial charge on any atom is 0.134 e. The van der Waals surface area contributed by atoms with Crippen molar-refractivity contribution >= 4 is 10.8 Å². The second kappa shape index (κ2) is 3.48. The second-order valence-corrected chi connectivity index (χ2v) is 5.08. The fourth-order valence-electron chi connectivity index (χ4n) is 1.79. The minimum atomic E-state index is -0.379. The molecule has 0 unspecified atom stereocenters. The van der Waals surface area contributed by atoms with Gasteiger partial charge in [0, 0.05) is 0 Å². The molecular formula is C14H15FO. The van der Waals surface area contributed by atoms with Gasteiger partial charge in [0.1, 0.15) is 11.6 Å². The van der Waals surface area contributed by atoms with Gasteiger partial charge in [-0.2, -0.15) is 0 Å². The van der Waals surface area contributed by atoms with E-state index in [4.69, 9.17) is 0 Å². The average Bonchev–Trinajstić information content (AvgIpc) is 2.15. The standard InChI is InChI=1S/C14H15FO/c1-14(2,3)10-7-9-5-4-6-11(15)13(9)12(16)8-10/h4-8,16H,1-3H3. The third kappa shape index (κ3) is 1.75. The van der Waals surface area contributed by atoms with Gasteiger partial charge in [0.2, 0.25) is 0 Å². The van der Waals surface area contributed by atoms with E-state index in [9.17, 15) is 9.50 Å². The molecule has 0 atom stereocenters. The third-order valence-electron chi connectivity index (χ3n) is 2.77. The van der Waals surface area contributed by atoms with Crippen LogP contribution < -0.4 is 0 Å². The molecule has 0 fully saturated rings. The zero-order valence-corrected chi connectivity index (χ0v) is 9.71. The van der Waals surface area contributed by atoms with Crippen LogP contribution in [0.2, 0.25) is 0 Å². The predicted octanol–water partition coefficient (Wildman–Crippen LogP) is 3.98.